The molecule has 2 aliphatic rings. The first-order valence-corrected chi connectivity index (χ1v) is 9.60. The molecule has 8 heteroatoms. The number of ether oxygens (including phenoxy) is 2. The fourth-order valence-electron chi connectivity index (χ4n) is 4.13. The minimum absolute atomic E-state index is 0.167. The van der Waals surface area contributed by atoms with Crippen LogP contribution in [0.15, 0.2) is 17.3 Å². The van der Waals surface area contributed by atoms with E-state index >= 15 is 0 Å². The molecule has 2 rings (SSSR count). The van der Waals surface area contributed by atoms with Crippen molar-refractivity contribution in [3.05, 3.63) is 12.2 Å². The first kappa shape index (κ1) is 21.5. The Bertz CT molecular complexity index is 643. The summed E-state index contributed by atoms with van der Waals surface area (Å²) >= 11 is 5.90. The van der Waals surface area contributed by atoms with Gasteiger partial charge in [-0.15, -0.1) is 11.6 Å². The second-order valence-corrected chi connectivity index (χ2v) is 8.39. The number of esters is 1. The van der Waals surface area contributed by atoms with E-state index in [9.17, 15) is 9.59 Å². The van der Waals surface area contributed by atoms with E-state index in [0.717, 1.165) is 5.57 Å². The smallest absolute Gasteiger partial charge is 0.411 e. The predicted molar refractivity (Wildman–Crippen MR) is 103 cm³/mol. The molecule has 7 nitrogen and oxygen atoms in total. The van der Waals surface area contributed by atoms with Crippen LogP contribution in [0.25, 0.3) is 0 Å². The minimum atomic E-state index is -1.14. The van der Waals surface area contributed by atoms with Gasteiger partial charge in [0.05, 0.1) is 12.8 Å². The largest absolute Gasteiger partial charge is 0.467 e. The fraction of sp³-hybridized carbons (Fsp3) is 0.737. The highest BCUT2D eigenvalue weighted by Gasteiger charge is 2.62. The van der Waals surface area contributed by atoms with E-state index in [1.165, 1.54) is 14.2 Å². The number of hydrogen-bond acceptors (Lipinski definition) is 6. The molecule has 27 heavy (non-hydrogen) atoms. The Morgan fingerprint density at radius 3 is 2.56 bits per heavy atom. The number of methoxy groups -OCH3 is 1. The van der Waals surface area contributed by atoms with Gasteiger partial charge < -0.3 is 14.3 Å². The average Bonchev–Trinajstić information content (AvgIpc) is 3.04. The monoisotopic (exact) mass is 400 g/mol. The number of alkyl halides is 1. The van der Waals surface area contributed by atoms with Crippen molar-refractivity contribution in [1.82, 2.24) is 4.90 Å². The summed E-state index contributed by atoms with van der Waals surface area (Å²) in [5.41, 5.74) is -0.344. The van der Waals surface area contributed by atoms with Crippen LogP contribution in [0.1, 0.15) is 46.5 Å². The van der Waals surface area contributed by atoms with Gasteiger partial charge in [-0.25, -0.2) is 9.59 Å². The number of carbonyl (C=O) groups excluding carboxylic acids is 2. The van der Waals surface area contributed by atoms with Crippen LogP contribution >= 0.6 is 11.6 Å². The van der Waals surface area contributed by atoms with Gasteiger partial charge >= 0.3 is 12.1 Å². The van der Waals surface area contributed by atoms with Crippen LogP contribution in [0.4, 0.5) is 4.79 Å². The third kappa shape index (κ3) is 4.08. The van der Waals surface area contributed by atoms with Gasteiger partial charge in [0.2, 0.25) is 0 Å². The Balaban J connectivity index is 2.52. The summed E-state index contributed by atoms with van der Waals surface area (Å²) in [5.74, 6) is -0.253. The lowest BCUT2D eigenvalue weighted by atomic mass is 9.86. The fourth-order valence-corrected chi connectivity index (χ4v) is 4.27. The molecule has 0 spiro atoms. The summed E-state index contributed by atoms with van der Waals surface area (Å²) in [6.07, 6.45) is 1.30. The van der Waals surface area contributed by atoms with Crippen LogP contribution in [0.5, 0.6) is 0 Å². The first-order valence-electron chi connectivity index (χ1n) is 9.07. The van der Waals surface area contributed by atoms with E-state index in [-0.39, 0.29) is 12.0 Å². The molecule has 0 radical (unpaired) electrons. The molecule has 0 aromatic carbocycles. The number of likely N-dealkylation sites (tertiary alicyclic amines) is 1. The third-order valence-electron chi connectivity index (χ3n) is 5.05. The Morgan fingerprint density at radius 1 is 1.37 bits per heavy atom. The van der Waals surface area contributed by atoms with Gasteiger partial charge in [-0.3, -0.25) is 4.90 Å². The van der Waals surface area contributed by atoms with Gasteiger partial charge in [-0.2, -0.15) is 0 Å². The SMILES string of the molecule is C=C1CC2C(CC(CCCCl)(C(=O)OC)N2C(=O)OC(C)(C)C)/C1=N/OC. The summed E-state index contributed by atoms with van der Waals surface area (Å²) < 4.78 is 10.7. The number of nitrogens with zero attached hydrogens (tertiary/aromatic N) is 2. The molecule has 1 aliphatic carbocycles. The van der Waals surface area contributed by atoms with Crippen molar-refractivity contribution in [2.24, 2.45) is 11.1 Å². The lowest BCUT2D eigenvalue weighted by Gasteiger charge is -2.39. The van der Waals surface area contributed by atoms with Crippen LogP contribution in [-0.4, -0.2) is 60.0 Å². The van der Waals surface area contributed by atoms with E-state index < -0.39 is 23.2 Å². The zero-order chi connectivity index (χ0) is 20.4. The average molecular weight is 401 g/mol. The van der Waals surface area contributed by atoms with Crippen molar-refractivity contribution in [1.29, 1.82) is 0 Å². The second-order valence-electron chi connectivity index (χ2n) is 8.01. The van der Waals surface area contributed by atoms with E-state index in [1.54, 1.807) is 25.7 Å². The van der Waals surface area contributed by atoms with E-state index in [2.05, 4.69) is 11.7 Å². The lowest BCUT2D eigenvalue weighted by Crippen LogP contribution is -2.57. The maximum absolute atomic E-state index is 13.1. The van der Waals surface area contributed by atoms with Crippen LogP contribution in [-0.2, 0) is 19.1 Å². The van der Waals surface area contributed by atoms with Gasteiger partial charge in [0.25, 0.3) is 0 Å². The Morgan fingerprint density at radius 2 is 2.04 bits per heavy atom. The maximum atomic E-state index is 13.1. The number of fused-ring (bicyclic) bond motifs is 1. The molecule has 0 aromatic rings. The van der Waals surface area contributed by atoms with Crippen molar-refractivity contribution in [3.63, 3.8) is 0 Å². The first-order chi connectivity index (χ1) is 12.6. The molecular weight excluding hydrogens is 372 g/mol. The number of oxime groups is 1. The number of hydrogen-bond donors (Lipinski definition) is 0. The van der Waals surface area contributed by atoms with Gasteiger partial charge in [-0.05, 0) is 52.0 Å². The number of rotatable bonds is 5. The summed E-state index contributed by atoms with van der Waals surface area (Å²) in [6.45, 7) is 9.44. The second kappa shape index (κ2) is 8.09. The van der Waals surface area contributed by atoms with Crippen LogP contribution < -0.4 is 0 Å². The molecule has 0 aromatic heterocycles. The van der Waals surface area contributed by atoms with Crippen molar-refractivity contribution in [3.8, 4) is 0 Å². The maximum Gasteiger partial charge on any atom is 0.411 e. The quantitative estimate of drug-likeness (QED) is 0.401. The molecule has 1 aliphatic heterocycles. The van der Waals surface area contributed by atoms with E-state index in [4.69, 9.17) is 25.9 Å². The number of carbonyl (C=O) groups is 2. The van der Waals surface area contributed by atoms with Gasteiger partial charge in [0.15, 0.2) is 0 Å². The van der Waals surface area contributed by atoms with E-state index in [1.807, 2.05) is 0 Å². The Hall–Kier alpha value is -1.76. The van der Waals surface area contributed by atoms with Crippen LogP contribution in [0, 0.1) is 5.92 Å². The zero-order valence-corrected chi connectivity index (χ0v) is 17.5. The molecule has 0 bridgehead atoms. The minimum Gasteiger partial charge on any atom is -0.467 e. The molecular formula is C19H29ClN2O5. The molecule has 1 saturated carbocycles. The van der Waals surface area contributed by atoms with Crippen molar-refractivity contribution >= 4 is 29.4 Å². The lowest BCUT2D eigenvalue weighted by molar-refractivity contribution is -0.154. The van der Waals surface area contributed by atoms with Gasteiger partial charge in [-0.1, -0.05) is 11.7 Å². The topological polar surface area (TPSA) is 77.4 Å². The van der Waals surface area contributed by atoms with E-state index in [0.29, 0.717) is 37.3 Å². The standard InChI is InChI=1S/C19H29ClN2O5/c1-12-10-14-13(15(12)21-26-6)11-19(8-7-9-20,16(23)25-5)22(14)17(24)27-18(2,3)4/h13-14H,1,7-11H2,2-6H3/b21-15+. The normalized spacial score (nSPS) is 29.0. The molecule has 1 heterocycles. The highest BCUT2D eigenvalue weighted by molar-refractivity contribution is 6.17. The predicted octanol–water partition coefficient (Wildman–Crippen LogP) is 3.51. The van der Waals surface area contributed by atoms with Gasteiger partial charge in [0.1, 0.15) is 18.2 Å². The molecule has 1 saturated heterocycles. The summed E-state index contributed by atoms with van der Waals surface area (Å²) in [6, 6.07) is -0.282. The molecule has 3 unspecified atom stereocenters. The number of amides is 1. The van der Waals surface area contributed by atoms with Gasteiger partial charge in [0, 0.05) is 17.8 Å². The molecule has 152 valence electrons. The zero-order valence-electron chi connectivity index (χ0n) is 16.7. The summed E-state index contributed by atoms with van der Waals surface area (Å²) in [7, 11) is 2.80. The highest BCUT2D eigenvalue weighted by atomic mass is 35.5. The third-order valence-corrected chi connectivity index (χ3v) is 5.32. The highest BCUT2D eigenvalue weighted by Crippen LogP contribution is 2.50. The number of halogens is 1. The Labute approximate surface area is 165 Å². The molecule has 1 amide bonds. The summed E-state index contributed by atoms with van der Waals surface area (Å²) in [5, 5.41) is 4.11. The van der Waals surface area contributed by atoms with Crippen LogP contribution in [0.2, 0.25) is 0 Å². The molecule has 2 fully saturated rings. The molecule has 0 N–H and O–H groups in total. The van der Waals surface area contributed by atoms with Crippen molar-refractivity contribution in [2.75, 3.05) is 20.1 Å². The van der Waals surface area contributed by atoms with Crippen molar-refractivity contribution < 1.29 is 23.9 Å². The Kier molecular flexibility index (Phi) is 6.45. The van der Waals surface area contributed by atoms with Crippen molar-refractivity contribution in [2.45, 2.75) is 63.6 Å². The van der Waals surface area contributed by atoms with Crippen LogP contribution in [0.3, 0.4) is 0 Å². The molecule has 3 atom stereocenters. The summed E-state index contributed by atoms with van der Waals surface area (Å²) in [4.78, 5) is 32.5.